The molecule has 0 aliphatic carbocycles. The quantitative estimate of drug-likeness (QED) is 0.540. The fourth-order valence-electron chi connectivity index (χ4n) is 3.50. The van der Waals surface area contributed by atoms with E-state index < -0.39 is 5.82 Å². The van der Waals surface area contributed by atoms with Crippen molar-refractivity contribution in [3.05, 3.63) is 88.1 Å². The first kappa shape index (κ1) is 17.2. The molecule has 0 saturated carbocycles. The van der Waals surface area contributed by atoms with E-state index >= 15 is 0 Å². The summed E-state index contributed by atoms with van der Waals surface area (Å²) in [5.74, 6) is -0.357. The van der Waals surface area contributed by atoms with Crippen LogP contribution < -0.4 is 5.56 Å². The van der Waals surface area contributed by atoms with E-state index in [1.54, 1.807) is 28.8 Å². The number of hydrogen-bond donors (Lipinski definition) is 0. The zero-order chi connectivity index (χ0) is 19.0. The lowest BCUT2D eigenvalue weighted by atomic mass is 10.0. The van der Waals surface area contributed by atoms with Gasteiger partial charge in [0.2, 0.25) is 0 Å². The molecule has 0 saturated heterocycles. The molecule has 5 heteroatoms. The molecule has 0 radical (unpaired) electrons. The van der Waals surface area contributed by atoms with E-state index in [0.717, 1.165) is 16.6 Å². The summed E-state index contributed by atoms with van der Waals surface area (Å²) in [5, 5.41) is 0. The van der Waals surface area contributed by atoms with Gasteiger partial charge in [-0.05, 0) is 48.4 Å². The number of Topliss-reactive ketones (excluding diaryl/α,β-unsaturated/α-hetero) is 1. The van der Waals surface area contributed by atoms with E-state index in [9.17, 15) is 14.0 Å². The lowest BCUT2D eigenvalue weighted by Gasteiger charge is -2.13. The second-order valence-corrected chi connectivity index (χ2v) is 6.75. The Kier molecular flexibility index (Phi) is 4.36. The van der Waals surface area contributed by atoms with Gasteiger partial charge in [0.25, 0.3) is 5.56 Å². The van der Waals surface area contributed by atoms with Gasteiger partial charge in [0.05, 0.1) is 11.0 Å². The van der Waals surface area contributed by atoms with E-state index in [1.807, 2.05) is 31.2 Å². The van der Waals surface area contributed by atoms with Crippen molar-refractivity contribution in [3.63, 3.8) is 0 Å². The van der Waals surface area contributed by atoms with E-state index in [-0.39, 0.29) is 24.3 Å². The fraction of sp³-hybridized carbons (Fsp3) is 0.182. The molecule has 4 nitrogen and oxygen atoms in total. The van der Waals surface area contributed by atoms with Crippen LogP contribution >= 0.6 is 0 Å². The van der Waals surface area contributed by atoms with Crippen molar-refractivity contribution >= 4 is 22.3 Å². The predicted octanol–water partition coefficient (Wildman–Crippen LogP) is 3.90. The second kappa shape index (κ2) is 6.83. The van der Waals surface area contributed by atoms with Crippen LogP contribution in [0, 0.1) is 12.7 Å². The molecular formula is C22H19FN2O2. The standard InChI is InChI=1S/C22H19FN2O2/c1-15-5-2-3-6-16(15)13-18(26)10-12-25-21-14-17(23)8-9-19(21)24-11-4-7-20(24)22(25)27/h2-9,11,14H,10,12-13H2,1H3. The Morgan fingerprint density at radius 1 is 1.00 bits per heavy atom. The normalized spacial score (nSPS) is 11.3. The third-order valence-corrected chi connectivity index (χ3v) is 4.96. The van der Waals surface area contributed by atoms with Crippen molar-refractivity contribution in [1.29, 1.82) is 0 Å². The first-order valence-electron chi connectivity index (χ1n) is 8.90. The van der Waals surface area contributed by atoms with Crippen molar-refractivity contribution in [2.45, 2.75) is 26.3 Å². The maximum atomic E-state index is 13.8. The number of aromatic nitrogens is 2. The highest BCUT2D eigenvalue weighted by Gasteiger charge is 2.13. The minimum absolute atomic E-state index is 0.0519. The van der Waals surface area contributed by atoms with Gasteiger partial charge in [0, 0.05) is 25.6 Å². The summed E-state index contributed by atoms with van der Waals surface area (Å²) in [7, 11) is 0. The van der Waals surface area contributed by atoms with Gasteiger partial charge in [0.1, 0.15) is 17.1 Å². The molecule has 2 aromatic carbocycles. The van der Waals surface area contributed by atoms with Crippen LogP contribution in [0.3, 0.4) is 0 Å². The first-order valence-corrected chi connectivity index (χ1v) is 8.90. The number of hydrogen-bond acceptors (Lipinski definition) is 2. The van der Waals surface area contributed by atoms with Crippen LogP contribution in [0.15, 0.2) is 65.6 Å². The highest BCUT2D eigenvalue weighted by molar-refractivity contribution is 5.82. The molecule has 0 fully saturated rings. The SMILES string of the molecule is Cc1ccccc1CC(=O)CCn1c(=O)c2cccn2c2ccc(F)cc21. The Morgan fingerprint density at radius 2 is 1.81 bits per heavy atom. The average molecular weight is 362 g/mol. The van der Waals surface area contributed by atoms with Gasteiger partial charge >= 0.3 is 0 Å². The van der Waals surface area contributed by atoms with Crippen molar-refractivity contribution in [3.8, 4) is 0 Å². The highest BCUT2D eigenvalue weighted by atomic mass is 19.1. The number of fused-ring (bicyclic) bond motifs is 3. The molecule has 0 aliphatic heterocycles. The Balaban J connectivity index is 1.67. The van der Waals surface area contributed by atoms with Crippen LogP contribution in [0.25, 0.3) is 16.6 Å². The Labute approximate surface area is 155 Å². The van der Waals surface area contributed by atoms with Gasteiger partial charge in [-0.25, -0.2) is 4.39 Å². The van der Waals surface area contributed by atoms with Crippen LogP contribution in [0.5, 0.6) is 0 Å². The predicted molar refractivity (Wildman–Crippen MR) is 104 cm³/mol. The average Bonchev–Trinajstić information content (AvgIpc) is 3.13. The number of aryl methyl sites for hydroxylation is 2. The molecular weight excluding hydrogens is 343 g/mol. The summed E-state index contributed by atoms with van der Waals surface area (Å²) in [6.07, 6.45) is 2.34. The summed E-state index contributed by atoms with van der Waals surface area (Å²) in [5.41, 5.74) is 3.59. The molecule has 0 N–H and O–H groups in total. The number of ketones is 1. The minimum atomic E-state index is -0.409. The van der Waals surface area contributed by atoms with Gasteiger partial charge in [-0.2, -0.15) is 0 Å². The number of nitrogens with zero attached hydrogens (tertiary/aromatic N) is 2. The van der Waals surface area contributed by atoms with Gasteiger partial charge in [0.15, 0.2) is 0 Å². The molecule has 4 aromatic rings. The fourth-order valence-corrected chi connectivity index (χ4v) is 3.50. The van der Waals surface area contributed by atoms with E-state index in [2.05, 4.69) is 0 Å². The monoisotopic (exact) mass is 362 g/mol. The van der Waals surface area contributed by atoms with Crippen LogP contribution in [0.1, 0.15) is 17.5 Å². The molecule has 2 aromatic heterocycles. The molecule has 4 rings (SSSR count). The van der Waals surface area contributed by atoms with E-state index in [1.165, 1.54) is 16.7 Å². The maximum Gasteiger partial charge on any atom is 0.275 e. The van der Waals surface area contributed by atoms with Gasteiger partial charge in [-0.15, -0.1) is 0 Å². The lowest BCUT2D eigenvalue weighted by Crippen LogP contribution is -2.24. The minimum Gasteiger partial charge on any atom is -0.310 e. The first-order chi connectivity index (χ1) is 13.0. The molecule has 0 unspecified atom stereocenters. The van der Waals surface area contributed by atoms with Crippen LogP contribution in [0.4, 0.5) is 4.39 Å². The second-order valence-electron chi connectivity index (χ2n) is 6.75. The Hall–Kier alpha value is -3.21. The van der Waals surface area contributed by atoms with Crippen molar-refractivity contribution < 1.29 is 9.18 Å². The van der Waals surface area contributed by atoms with Gasteiger partial charge in [-0.1, -0.05) is 24.3 Å². The number of benzene rings is 2. The van der Waals surface area contributed by atoms with E-state index in [0.29, 0.717) is 17.5 Å². The molecule has 2 heterocycles. The summed E-state index contributed by atoms with van der Waals surface area (Å²) >= 11 is 0. The number of carbonyl (C=O) groups excluding carboxylic acids is 1. The summed E-state index contributed by atoms with van der Waals surface area (Å²) < 4.78 is 17.1. The van der Waals surface area contributed by atoms with Crippen LogP contribution in [0.2, 0.25) is 0 Å². The molecule has 0 spiro atoms. The third-order valence-electron chi connectivity index (χ3n) is 4.96. The molecule has 27 heavy (non-hydrogen) atoms. The third kappa shape index (κ3) is 3.16. The van der Waals surface area contributed by atoms with Crippen molar-refractivity contribution in [2.24, 2.45) is 0 Å². The van der Waals surface area contributed by atoms with Crippen molar-refractivity contribution in [2.75, 3.05) is 0 Å². The van der Waals surface area contributed by atoms with Gasteiger partial charge < -0.3 is 8.97 Å². The number of rotatable bonds is 5. The van der Waals surface area contributed by atoms with Crippen LogP contribution in [-0.4, -0.2) is 14.8 Å². The highest BCUT2D eigenvalue weighted by Crippen LogP contribution is 2.17. The zero-order valence-electron chi connectivity index (χ0n) is 15.0. The molecule has 136 valence electrons. The van der Waals surface area contributed by atoms with E-state index in [4.69, 9.17) is 0 Å². The topological polar surface area (TPSA) is 43.5 Å². The Morgan fingerprint density at radius 3 is 2.63 bits per heavy atom. The zero-order valence-corrected chi connectivity index (χ0v) is 15.0. The lowest BCUT2D eigenvalue weighted by molar-refractivity contribution is -0.118. The molecule has 0 bridgehead atoms. The molecule has 0 atom stereocenters. The number of carbonyl (C=O) groups is 1. The summed E-state index contributed by atoms with van der Waals surface area (Å²) in [4.78, 5) is 25.3. The summed E-state index contributed by atoms with van der Waals surface area (Å²) in [6.45, 7) is 2.20. The smallest absolute Gasteiger partial charge is 0.275 e. The molecule has 0 aliphatic rings. The van der Waals surface area contributed by atoms with Crippen molar-refractivity contribution in [1.82, 2.24) is 8.97 Å². The maximum absolute atomic E-state index is 13.8. The van der Waals surface area contributed by atoms with Crippen LogP contribution in [-0.2, 0) is 17.8 Å². The number of halogens is 1. The van der Waals surface area contributed by atoms with Gasteiger partial charge in [-0.3, -0.25) is 9.59 Å². The molecule has 0 amide bonds. The Bertz CT molecular complexity index is 1220. The largest absolute Gasteiger partial charge is 0.310 e. The summed E-state index contributed by atoms with van der Waals surface area (Å²) in [6, 6.07) is 15.7.